The average molecular weight is 275 g/mol. The minimum Gasteiger partial charge on any atom is -0.504 e. The number of carbonyl (C=O) groups is 1. The molecule has 0 spiro atoms. The van der Waals surface area contributed by atoms with E-state index in [4.69, 9.17) is 5.11 Å². The molecule has 82 valence electrons. The number of rotatable bonds is 3. The van der Waals surface area contributed by atoms with Crippen LogP contribution >= 0.6 is 15.9 Å². The van der Waals surface area contributed by atoms with Crippen molar-refractivity contribution in [3.05, 3.63) is 23.3 Å². The molecule has 0 radical (unpaired) electrons. The van der Waals surface area contributed by atoms with Crippen molar-refractivity contribution in [3.63, 3.8) is 0 Å². The Balaban J connectivity index is 3.03. The third-order valence-electron chi connectivity index (χ3n) is 2.07. The van der Waals surface area contributed by atoms with E-state index in [2.05, 4.69) is 20.7 Å². The summed E-state index contributed by atoms with van der Waals surface area (Å²) in [6, 6.07) is 3.20. The minimum atomic E-state index is -1.43. The van der Waals surface area contributed by atoms with Gasteiger partial charge in [0.25, 0.3) is 0 Å². The molecule has 15 heavy (non-hydrogen) atoms. The summed E-state index contributed by atoms with van der Waals surface area (Å²) in [6.07, 6.45) is -0.662. The van der Waals surface area contributed by atoms with Crippen molar-refractivity contribution in [2.45, 2.75) is 13.3 Å². The van der Waals surface area contributed by atoms with E-state index in [1.54, 1.807) is 13.0 Å². The van der Waals surface area contributed by atoms with Gasteiger partial charge in [-0.3, -0.25) is 0 Å². The average Bonchev–Trinajstić information content (AvgIpc) is 2.17. The van der Waals surface area contributed by atoms with Gasteiger partial charge in [-0.15, -0.1) is 0 Å². The number of aryl methyl sites for hydroxylation is 1. The lowest BCUT2D eigenvalue weighted by atomic mass is 10.1. The third kappa shape index (κ3) is 2.86. The van der Waals surface area contributed by atoms with Crippen LogP contribution in [0.2, 0.25) is 0 Å². The molecule has 2 N–H and O–H groups in total. The molecular weight excluding hydrogens is 264 g/mol. The summed E-state index contributed by atoms with van der Waals surface area (Å²) >= 11 is 3.30. The summed E-state index contributed by atoms with van der Waals surface area (Å²) in [5, 5.41) is 18.8. The monoisotopic (exact) mass is 274 g/mol. The zero-order chi connectivity index (χ0) is 11.4. The summed E-state index contributed by atoms with van der Waals surface area (Å²) in [7, 11) is 0. The van der Waals surface area contributed by atoms with E-state index in [-0.39, 0.29) is 11.5 Å². The molecule has 5 heteroatoms. The summed E-state index contributed by atoms with van der Waals surface area (Å²) in [6.45, 7) is 1.72. The molecule has 1 rings (SSSR count). The first-order valence-electron chi connectivity index (χ1n) is 4.34. The van der Waals surface area contributed by atoms with Gasteiger partial charge in [0.05, 0.1) is 0 Å². The van der Waals surface area contributed by atoms with E-state index in [0.29, 0.717) is 5.56 Å². The number of ether oxygens (including phenoxy) is 1. The van der Waals surface area contributed by atoms with E-state index in [1.807, 2.05) is 0 Å². The molecule has 0 aliphatic rings. The lowest BCUT2D eigenvalue weighted by molar-refractivity contribution is 0.143. The maximum atomic E-state index is 10.3. The molecule has 0 aromatic heterocycles. The highest BCUT2D eigenvalue weighted by Gasteiger charge is 2.12. The zero-order valence-electron chi connectivity index (χ0n) is 8.16. The molecule has 4 nitrogen and oxygen atoms in total. The van der Waals surface area contributed by atoms with Crippen molar-refractivity contribution in [1.29, 1.82) is 0 Å². The second-order valence-electron chi connectivity index (χ2n) is 3.00. The molecule has 1 aromatic carbocycles. The van der Waals surface area contributed by atoms with E-state index < -0.39 is 6.16 Å². The molecule has 1 aromatic rings. The first-order chi connectivity index (χ1) is 7.06. The Kier molecular flexibility index (Phi) is 3.96. The summed E-state index contributed by atoms with van der Waals surface area (Å²) in [5.41, 5.74) is 1.61. The van der Waals surface area contributed by atoms with Crippen molar-refractivity contribution < 1.29 is 19.7 Å². The molecular formula is C10H11BrO4. The number of alkyl halides is 1. The quantitative estimate of drug-likeness (QED) is 0.505. The first kappa shape index (κ1) is 11.8. The van der Waals surface area contributed by atoms with Crippen LogP contribution in [0.4, 0.5) is 4.79 Å². The van der Waals surface area contributed by atoms with Crippen molar-refractivity contribution >= 4 is 22.1 Å². The van der Waals surface area contributed by atoms with Crippen LogP contribution in [0.15, 0.2) is 12.1 Å². The smallest absolute Gasteiger partial charge is 0.504 e. The number of benzene rings is 1. The predicted octanol–water partition coefficient (Wildman–Crippen LogP) is 2.69. The summed E-state index contributed by atoms with van der Waals surface area (Å²) in [5.74, 6) is -0.144. The fourth-order valence-corrected chi connectivity index (χ4v) is 1.69. The van der Waals surface area contributed by atoms with Crippen molar-refractivity contribution in [2.24, 2.45) is 0 Å². The number of hydrogen-bond donors (Lipinski definition) is 2. The SMILES string of the molecule is Cc1c(CCBr)ccc(OC(=O)O)c1O. The fraction of sp³-hybridized carbons (Fsp3) is 0.300. The number of halogens is 1. The van der Waals surface area contributed by atoms with Gasteiger partial charge in [-0.05, 0) is 30.5 Å². The highest BCUT2D eigenvalue weighted by molar-refractivity contribution is 9.09. The van der Waals surface area contributed by atoms with Gasteiger partial charge in [-0.1, -0.05) is 22.0 Å². The van der Waals surface area contributed by atoms with E-state index >= 15 is 0 Å². The molecule has 0 aliphatic carbocycles. The molecule has 0 bridgehead atoms. The van der Waals surface area contributed by atoms with Gasteiger partial charge in [0.2, 0.25) is 0 Å². The number of aromatic hydroxyl groups is 1. The molecule has 0 atom stereocenters. The maximum absolute atomic E-state index is 10.3. The first-order valence-corrected chi connectivity index (χ1v) is 5.46. The number of phenolic OH excluding ortho intramolecular Hbond substituents is 1. The van der Waals surface area contributed by atoms with Gasteiger partial charge < -0.3 is 14.9 Å². The Morgan fingerprint density at radius 2 is 2.20 bits per heavy atom. The Morgan fingerprint density at radius 1 is 1.53 bits per heavy atom. The van der Waals surface area contributed by atoms with E-state index in [0.717, 1.165) is 17.3 Å². The van der Waals surface area contributed by atoms with Crippen LogP contribution in [0.25, 0.3) is 0 Å². The van der Waals surface area contributed by atoms with Crippen LogP contribution in [-0.2, 0) is 6.42 Å². The number of phenols is 1. The van der Waals surface area contributed by atoms with E-state index in [9.17, 15) is 9.90 Å². The Hall–Kier alpha value is -1.23. The summed E-state index contributed by atoms with van der Waals surface area (Å²) in [4.78, 5) is 10.3. The Labute approximate surface area is 95.6 Å². The van der Waals surface area contributed by atoms with Gasteiger partial charge in [-0.2, -0.15) is 0 Å². The maximum Gasteiger partial charge on any atom is 0.511 e. The summed E-state index contributed by atoms with van der Waals surface area (Å²) < 4.78 is 4.41. The molecule has 0 amide bonds. The van der Waals surface area contributed by atoms with Crippen molar-refractivity contribution in [2.75, 3.05) is 5.33 Å². The van der Waals surface area contributed by atoms with Gasteiger partial charge in [0.1, 0.15) is 0 Å². The third-order valence-corrected chi connectivity index (χ3v) is 2.46. The lowest BCUT2D eigenvalue weighted by Gasteiger charge is -2.09. The molecule has 0 unspecified atom stereocenters. The van der Waals surface area contributed by atoms with Crippen LogP contribution in [0, 0.1) is 6.92 Å². The molecule has 0 fully saturated rings. The van der Waals surface area contributed by atoms with Crippen LogP contribution in [-0.4, -0.2) is 21.7 Å². The lowest BCUT2D eigenvalue weighted by Crippen LogP contribution is -2.04. The predicted molar refractivity (Wildman–Crippen MR) is 59.0 cm³/mol. The van der Waals surface area contributed by atoms with Crippen molar-refractivity contribution in [1.82, 2.24) is 0 Å². The van der Waals surface area contributed by atoms with Crippen LogP contribution < -0.4 is 4.74 Å². The topological polar surface area (TPSA) is 66.8 Å². The van der Waals surface area contributed by atoms with Gasteiger partial charge in [0.15, 0.2) is 11.5 Å². The number of hydrogen-bond acceptors (Lipinski definition) is 3. The van der Waals surface area contributed by atoms with Crippen LogP contribution in [0.3, 0.4) is 0 Å². The fourth-order valence-electron chi connectivity index (χ4n) is 1.27. The second kappa shape index (κ2) is 5.02. The largest absolute Gasteiger partial charge is 0.511 e. The minimum absolute atomic E-state index is 0.0293. The number of carboxylic acid groups (broad SMARTS) is 1. The van der Waals surface area contributed by atoms with Crippen molar-refractivity contribution in [3.8, 4) is 11.5 Å². The van der Waals surface area contributed by atoms with Gasteiger partial charge in [0, 0.05) is 5.33 Å². The van der Waals surface area contributed by atoms with Gasteiger partial charge >= 0.3 is 6.16 Å². The normalized spacial score (nSPS) is 10.0. The Bertz CT molecular complexity index is 376. The van der Waals surface area contributed by atoms with E-state index in [1.165, 1.54) is 6.07 Å². The molecule has 0 aliphatic heterocycles. The standard InChI is InChI=1S/C10H11BrO4/c1-6-7(4-5-11)2-3-8(9(6)12)15-10(13)14/h2-3,12H,4-5H2,1H3,(H,13,14). The molecule has 0 heterocycles. The zero-order valence-corrected chi connectivity index (χ0v) is 9.74. The molecule has 0 saturated heterocycles. The van der Waals surface area contributed by atoms with Gasteiger partial charge in [-0.25, -0.2) is 4.79 Å². The van der Waals surface area contributed by atoms with Crippen LogP contribution in [0.5, 0.6) is 11.5 Å². The second-order valence-corrected chi connectivity index (χ2v) is 3.80. The highest BCUT2D eigenvalue weighted by Crippen LogP contribution is 2.32. The Morgan fingerprint density at radius 3 is 2.73 bits per heavy atom. The highest BCUT2D eigenvalue weighted by atomic mass is 79.9. The van der Waals surface area contributed by atoms with Crippen LogP contribution in [0.1, 0.15) is 11.1 Å². The molecule has 0 saturated carbocycles.